The molecule has 0 spiro atoms. The molecule has 2 bridgehead atoms. The van der Waals surface area contributed by atoms with Crippen LogP contribution in [0.4, 0.5) is 0 Å². The summed E-state index contributed by atoms with van der Waals surface area (Å²) >= 11 is 0. The predicted octanol–water partition coefficient (Wildman–Crippen LogP) is 2.39. The zero-order valence-corrected chi connectivity index (χ0v) is 12.7. The highest BCUT2D eigenvalue weighted by Crippen LogP contribution is 2.23. The average Bonchev–Trinajstić information content (AvgIpc) is 2.55. The molecule has 1 saturated heterocycles. The number of nitrogens with zero attached hydrogens (tertiary/aromatic N) is 1. The van der Waals surface area contributed by atoms with E-state index in [0.29, 0.717) is 19.4 Å². The Morgan fingerprint density at radius 1 is 1.00 bits per heavy atom. The molecule has 4 nitrogen and oxygen atoms in total. The Balaban J connectivity index is 1.66. The van der Waals surface area contributed by atoms with E-state index in [4.69, 9.17) is 0 Å². The second-order valence-electron chi connectivity index (χ2n) is 6.17. The molecule has 0 aliphatic carbocycles. The third kappa shape index (κ3) is 2.50. The van der Waals surface area contributed by atoms with Crippen LogP contribution in [0.5, 0.6) is 0 Å². The Labute approximate surface area is 134 Å². The number of amides is 2. The molecule has 2 amide bonds. The summed E-state index contributed by atoms with van der Waals surface area (Å²) in [6.07, 6.45) is 5.15. The van der Waals surface area contributed by atoms with Crippen molar-refractivity contribution in [2.75, 3.05) is 0 Å². The van der Waals surface area contributed by atoms with Crippen molar-refractivity contribution >= 4 is 22.6 Å². The van der Waals surface area contributed by atoms with Gasteiger partial charge < -0.3 is 10.2 Å². The highest BCUT2D eigenvalue weighted by molar-refractivity contribution is 5.97. The third-order valence-electron chi connectivity index (χ3n) is 4.64. The van der Waals surface area contributed by atoms with Crippen molar-refractivity contribution in [3.63, 3.8) is 0 Å². The van der Waals surface area contributed by atoms with Crippen LogP contribution in [0.3, 0.4) is 0 Å². The molecule has 2 aromatic carbocycles. The molecule has 3 aliphatic rings. The zero-order valence-electron chi connectivity index (χ0n) is 12.7. The Hall–Kier alpha value is -2.62. The molecule has 2 aromatic rings. The summed E-state index contributed by atoms with van der Waals surface area (Å²) in [7, 11) is 0. The van der Waals surface area contributed by atoms with Gasteiger partial charge in [-0.1, -0.05) is 48.6 Å². The lowest BCUT2D eigenvalue weighted by atomic mass is 9.97. The van der Waals surface area contributed by atoms with Crippen LogP contribution in [-0.4, -0.2) is 28.8 Å². The van der Waals surface area contributed by atoms with E-state index in [9.17, 15) is 9.59 Å². The van der Waals surface area contributed by atoms with Crippen LogP contribution in [0.25, 0.3) is 10.8 Å². The van der Waals surface area contributed by atoms with E-state index in [1.54, 1.807) is 4.90 Å². The van der Waals surface area contributed by atoms with Crippen molar-refractivity contribution in [2.45, 2.75) is 31.5 Å². The van der Waals surface area contributed by atoms with Crippen molar-refractivity contribution in [1.82, 2.24) is 10.2 Å². The summed E-state index contributed by atoms with van der Waals surface area (Å²) in [5.74, 6) is -0.0214. The molecular formula is C19H18N2O2. The lowest BCUT2D eigenvalue weighted by Crippen LogP contribution is -2.63. The number of carbonyl (C=O) groups excluding carboxylic acids is 2. The quantitative estimate of drug-likeness (QED) is 0.866. The molecule has 1 fully saturated rings. The Kier molecular flexibility index (Phi) is 3.37. The summed E-state index contributed by atoms with van der Waals surface area (Å²) in [5, 5.41) is 5.16. The summed E-state index contributed by atoms with van der Waals surface area (Å²) in [5.41, 5.74) is 1.06. The van der Waals surface area contributed by atoms with E-state index in [0.717, 1.165) is 10.9 Å². The smallest absolute Gasteiger partial charge is 0.246 e. The van der Waals surface area contributed by atoms with Crippen molar-refractivity contribution < 1.29 is 9.59 Å². The fourth-order valence-corrected chi connectivity index (χ4v) is 3.40. The van der Waals surface area contributed by atoms with Crippen LogP contribution in [-0.2, 0) is 16.1 Å². The van der Waals surface area contributed by atoms with Crippen LogP contribution in [0, 0.1) is 0 Å². The number of carbonyl (C=O) groups is 2. The lowest BCUT2D eigenvalue weighted by Gasteiger charge is -2.39. The maximum atomic E-state index is 12.7. The minimum atomic E-state index is -0.421. The van der Waals surface area contributed by atoms with Gasteiger partial charge in [0.25, 0.3) is 0 Å². The molecule has 0 aromatic heterocycles. The van der Waals surface area contributed by atoms with Gasteiger partial charge in [0.15, 0.2) is 0 Å². The van der Waals surface area contributed by atoms with E-state index in [-0.39, 0.29) is 11.8 Å². The van der Waals surface area contributed by atoms with Crippen molar-refractivity contribution in [2.24, 2.45) is 0 Å². The number of hydrogen-bond acceptors (Lipinski definition) is 2. The molecule has 3 aliphatic heterocycles. The molecule has 4 heteroatoms. The van der Waals surface area contributed by atoms with Crippen LogP contribution in [0.2, 0.25) is 0 Å². The average molecular weight is 306 g/mol. The van der Waals surface area contributed by atoms with Crippen LogP contribution >= 0.6 is 0 Å². The molecule has 0 unspecified atom stereocenters. The van der Waals surface area contributed by atoms with Crippen molar-refractivity contribution in [3.05, 3.63) is 60.2 Å². The highest BCUT2D eigenvalue weighted by Gasteiger charge is 2.40. The van der Waals surface area contributed by atoms with Gasteiger partial charge in [-0.15, -0.1) is 0 Å². The minimum absolute atomic E-state index is 0.0205. The number of piperazine rings is 1. The lowest BCUT2D eigenvalue weighted by molar-refractivity contribution is -0.150. The molecule has 5 rings (SSSR count). The van der Waals surface area contributed by atoms with Crippen LogP contribution < -0.4 is 5.32 Å². The zero-order chi connectivity index (χ0) is 15.8. The van der Waals surface area contributed by atoms with Crippen molar-refractivity contribution in [3.8, 4) is 0 Å². The van der Waals surface area contributed by atoms with Gasteiger partial charge in [0.2, 0.25) is 11.8 Å². The maximum absolute atomic E-state index is 12.7. The van der Waals surface area contributed by atoms with Gasteiger partial charge in [-0.2, -0.15) is 0 Å². The number of nitrogens with one attached hydrogen (secondary N) is 1. The van der Waals surface area contributed by atoms with E-state index >= 15 is 0 Å². The van der Waals surface area contributed by atoms with Gasteiger partial charge in [0.1, 0.15) is 12.1 Å². The van der Waals surface area contributed by atoms with Gasteiger partial charge >= 0.3 is 0 Å². The Morgan fingerprint density at radius 3 is 2.65 bits per heavy atom. The molecule has 3 heterocycles. The maximum Gasteiger partial charge on any atom is 0.246 e. The molecule has 23 heavy (non-hydrogen) atoms. The van der Waals surface area contributed by atoms with E-state index in [1.165, 1.54) is 5.39 Å². The first kappa shape index (κ1) is 14.0. The van der Waals surface area contributed by atoms with E-state index < -0.39 is 12.1 Å². The molecule has 116 valence electrons. The van der Waals surface area contributed by atoms with E-state index in [1.807, 2.05) is 30.4 Å². The number of rotatable bonds is 2. The van der Waals surface area contributed by atoms with E-state index in [2.05, 4.69) is 29.6 Å². The third-order valence-corrected chi connectivity index (χ3v) is 4.64. The normalized spacial score (nSPS) is 23.7. The molecular weight excluding hydrogens is 288 g/mol. The topological polar surface area (TPSA) is 49.4 Å². The first-order valence-electron chi connectivity index (χ1n) is 7.96. The summed E-state index contributed by atoms with van der Waals surface area (Å²) in [6, 6.07) is 13.5. The summed E-state index contributed by atoms with van der Waals surface area (Å²) in [4.78, 5) is 26.6. The molecule has 0 saturated carbocycles. The fraction of sp³-hybridized carbons (Fsp3) is 0.263. The predicted molar refractivity (Wildman–Crippen MR) is 88.6 cm³/mol. The van der Waals surface area contributed by atoms with Crippen LogP contribution in [0.15, 0.2) is 54.6 Å². The Bertz CT molecular complexity index is 812. The second kappa shape index (κ2) is 5.54. The second-order valence-corrected chi connectivity index (χ2v) is 6.17. The summed E-state index contributed by atoms with van der Waals surface area (Å²) in [6.45, 7) is 0.478. The first-order chi connectivity index (χ1) is 11.2. The molecule has 0 radical (unpaired) electrons. The molecule has 1 N–H and O–H groups in total. The van der Waals surface area contributed by atoms with Gasteiger partial charge in [-0.05, 0) is 35.2 Å². The Morgan fingerprint density at radius 2 is 1.78 bits per heavy atom. The summed E-state index contributed by atoms with van der Waals surface area (Å²) < 4.78 is 0. The SMILES string of the molecule is O=C1N[C@H]2CC=CC[C@@H]1N(Cc1ccc3ccccc3c1)C2=O. The van der Waals surface area contributed by atoms with Gasteiger partial charge in [0, 0.05) is 6.54 Å². The minimum Gasteiger partial charge on any atom is -0.342 e. The largest absolute Gasteiger partial charge is 0.342 e. The van der Waals surface area contributed by atoms with Gasteiger partial charge in [-0.3, -0.25) is 9.59 Å². The van der Waals surface area contributed by atoms with Gasteiger partial charge in [0.05, 0.1) is 0 Å². The highest BCUT2D eigenvalue weighted by atomic mass is 16.2. The van der Waals surface area contributed by atoms with Crippen LogP contribution in [0.1, 0.15) is 18.4 Å². The number of benzene rings is 2. The number of hydrogen-bond donors (Lipinski definition) is 1. The van der Waals surface area contributed by atoms with Crippen molar-refractivity contribution in [1.29, 1.82) is 0 Å². The fourth-order valence-electron chi connectivity index (χ4n) is 3.40. The standard InChI is InChI=1S/C19H18N2O2/c22-18-17-8-4-3-7-16(20-18)19(23)21(17)12-13-9-10-14-5-1-2-6-15(14)11-13/h1-6,9-11,16-17H,7-8,12H2,(H,20,22)/t16-,17-/m0/s1. The van der Waals surface area contributed by atoms with Gasteiger partial charge in [-0.25, -0.2) is 0 Å². The first-order valence-corrected chi connectivity index (χ1v) is 7.96. The monoisotopic (exact) mass is 306 g/mol. The number of fused-ring (bicyclic) bond motifs is 5. The molecule has 2 atom stereocenters.